The lowest BCUT2D eigenvalue weighted by molar-refractivity contribution is -0.139. The van der Waals surface area contributed by atoms with Gasteiger partial charge in [-0.2, -0.15) is 0 Å². The number of rotatable bonds is 8. The van der Waals surface area contributed by atoms with Crippen molar-refractivity contribution in [1.82, 2.24) is 14.8 Å². The molecule has 0 atom stereocenters. The van der Waals surface area contributed by atoms with Gasteiger partial charge in [-0.15, -0.1) is 28.1 Å². The number of ether oxygens (including phenoxy) is 1. The molecule has 2 aromatic heterocycles. The van der Waals surface area contributed by atoms with Gasteiger partial charge in [-0.1, -0.05) is 48.2 Å². The molecule has 0 unspecified atom stereocenters. The third-order valence-corrected chi connectivity index (χ3v) is 5.78. The molecule has 0 fully saturated rings. The van der Waals surface area contributed by atoms with Crippen molar-refractivity contribution >= 4 is 29.1 Å². The number of benzene rings is 1. The maximum Gasteiger partial charge on any atom is 0.316 e. The normalized spacial score (nSPS) is 10.7. The zero-order valence-corrected chi connectivity index (χ0v) is 17.0. The number of carbonyl (C=O) groups excluding carboxylic acids is 1. The van der Waals surface area contributed by atoms with Gasteiger partial charge >= 0.3 is 5.97 Å². The summed E-state index contributed by atoms with van der Waals surface area (Å²) in [7, 11) is 0. The summed E-state index contributed by atoms with van der Waals surface area (Å²) in [6.45, 7) is 8.70. The summed E-state index contributed by atoms with van der Waals surface area (Å²) in [5.74, 6) is 0.732. The molecule has 0 radical (unpaired) electrons. The lowest BCUT2D eigenvalue weighted by atomic mass is 10.0. The first kappa shape index (κ1) is 19.4. The molecule has 0 aliphatic carbocycles. The van der Waals surface area contributed by atoms with Crippen LogP contribution in [0.3, 0.4) is 0 Å². The SMILES string of the molecule is C=CCn1c(SCC(=O)OCC)nnc1-c1csc(C)c1-c1ccccc1. The molecule has 3 aromatic rings. The lowest BCUT2D eigenvalue weighted by Crippen LogP contribution is -2.08. The minimum atomic E-state index is -0.256. The van der Waals surface area contributed by atoms with Crippen LogP contribution in [0.1, 0.15) is 11.8 Å². The van der Waals surface area contributed by atoms with Gasteiger partial charge in [0.15, 0.2) is 11.0 Å². The van der Waals surface area contributed by atoms with E-state index in [0.717, 1.165) is 17.0 Å². The van der Waals surface area contributed by atoms with E-state index in [2.05, 4.69) is 41.2 Å². The molecule has 1 aromatic carbocycles. The van der Waals surface area contributed by atoms with Crippen molar-refractivity contribution in [2.45, 2.75) is 25.5 Å². The molecule has 0 amide bonds. The van der Waals surface area contributed by atoms with Crippen LogP contribution in [0, 0.1) is 6.92 Å². The van der Waals surface area contributed by atoms with Crippen LogP contribution in [-0.4, -0.2) is 33.1 Å². The van der Waals surface area contributed by atoms with Gasteiger partial charge in [0.25, 0.3) is 0 Å². The summed E-state index contributed by atoms with van der Waals surface area (Å²) in [6.07, 6.45) is 1.81. The first-order chi connectivity index (χ1) is 13.2. The number of thiophene rings is 1. The molecule has 7 heteroatoms. The first-order valence-electron chi connectivity index (χ1n) is 8.62. The number of nitrogens with zero attached hydrogens (tertiary/aromatic N) is 3. The van der Waals surface area contributed by atoms with E-state index in [4.69, 9.17) is 4.74 Å². The van der Waals surface area contributed by atoms with Gasteiger partial charge in [-0.3, -0.25) is 9.36 Å². The van der Waals surface area contributed by atoms with Gasteiger partial charge in [-0.25, -0.2) is 0 Å². The number of hydrogen-bond acceptors (Lipinski definition) is 6. The molecule has 0 spiro atoms. The van der Waals surface area contributed by atoms with E-state index in [1.165, 1.54) is 22.2 Å². The maximum absolute atomic E-state index is 11.7. The van der Waals surface area contributed by atoms with Gasteiger partial charge in [0.2, 0.25) is 0 Å². The van der Waals surface area contributed by atoms with Crippen molar-refractivity contribution < 1.29 is 9.53 Å². The third-order valence-electron chi connectivity index (χ3n) is 3.93. The van der Waals surface area contributed by atoms with Gasteiger partial charge in [0.05, 0.1) is 12.4 Å². The van der Waals surface area contributed by atoms with Gasteiger partial charge in [0.1, 0.15) is 0 Å². The molecular formula is C20H21N3O2S2. The Bertz CT molecular complexity index is 932. The number of hydrogen-bond donors (Lipinski definition) is 0. The third kappa shape index (κ3) is 4.31. The number of esters is 1. The van der Waals surface area contributed by atoms with Crippen molar-refractivity contribution in [1.29, 1.82) is 0 Å². The van der Waals surface area contributed by atoms with E-state index < -0.39 is 0 Å². The summed E-state index contributed by atoms with van der Waals surface area (Å²) < 4.78 is 6.99. The number of aromatic nitrogens is 3. The second-order valence-corrected chi connectivity index (χ2v) is 7.77. The van der Waals surface area contributed by atoms with Gasteiger partial charge < -0.3 is 4.74 Å². The van der Waals surface area contributed by atoms with Gasteiger partial charge in [0, 0.05) is 27.9 Å². The number of allylic oxidation sites excluding steroid dienone is 1. The molecule has 2 heterocycles. The van der Waals surface area contributed by atoms with E-state index >= 15 is 0 Å². The molecule has 140 valence electrons. The highest BCUT2D eigenvalue weighted by Crippen LogP contribution is 2.39. The predicted molar refractivity (Wildman–Crippen MR) is 111 cm³/mol. The Morgan fingerprint density at radius 3 is 2.81 bits per heavy atom. The average molecular weight is 400 g/mol. The summed E-state index contributed by atoms with van der Waals surface area (Å²) >= 11 is 3.02. The van der Waals surface area contributed by atoms with E-state index in [1.54, 1.807) is 18.3 Å². The summed E-state index contributed by atoms with van der Waals surface area (Å²) in [5, 5.41) is 11.5. The fourth-order valence-electron chi connectivity index (χ4n) is 2.80. The molecule has 27 heavy (non-hydrogen) atoms. The van der Waals surface area contributed by atoms with Crippen molar-refractivity contribution in [2.75, 3.05) is 12.4 Å². The lowest BCUT2D eigenvalue weighted by Gasteiger charge is -2.09. The summed E-state index contributed by atoms with van der Waals surface area (Å²) in [5.41, 5.74) is 3.36. The zero-order valence-electron chi connectivity index (χ0n) is 15.3. The highest BCUT2D eigenvalue weighted by Gasteiger charge is 2.20. The maximum atomic E-state index is 11.7. The minimum absolute atomic E-state index is 0.206. The number of aryl methyl sites for hydroxylation is 1. The molecule has 0 saturated carbocycles. The Labute approximate surface area is 167 Å². The summed E-state index contributed by atoms with van der Waals surface area (Å²) in [6, 6.07) is 10.3. The van der Waals surface area contributed by atoms with Crippen LogP contribution in [0.15, 0.2) is 53.5 Å². The van der Waals surface area contributed by atoms with Crippen molar-refractivity contribution in [2.24, 2.45) is 0 Å². The van der Waals surface area contributed by atoms with Crippen LogP contribution in [0.4, 0.5) is 0 Å². The molecule has 0 bridgehead atoms. The van der Waals surface area contributed by atoms with Crippen LogP contribution in [0.25, 0.3) is 22.5 Å². The molecule has 0 saturated heterocycles. The fraction of sp³-hybridized carbons (Fsp3) is 0.250. The average Bonchev–Trinajstić information content (AvgIpc) is 3.24. The van der Waals surface area contributed by atoms with Crippen LogP contribution in [0.5, 0.6) is 0 Å². The molecule has 0 N–H and O–H groups in total. The largest absolute Gasteiger partial charge is 0.465 e. The number of thioether (sulfide) groups is 1. The van der Waals surface area contributed by atoms with Crippen molar-refractivity contribution in [3.63, 3.8) is 0 Å². The molecule has 0 aliphatic rings. The van der Waals surface area contributed by atoms with Crippen molar-refractivity contribution in [3.8, 4) is 22.5 Å². The molecule has 3 rings (SSSR count). The van der Waals surface area contributed by atoms with E-state index in [0.29, 0.717) is 18.3 Å². The van der Waals surface area contributed by atoms with Crippen LogP contribution < -0.4 is 0 Å². The van der Waals surface area contributed by atoms with Crippen LogP contribution in [-0.2, 0) is 16.1 Å². The second kappa shape index (κ2) is 9.01. The molecule has 5 nitrogen and oxygen atoms in total. The quantitative estimate of drug-likeness (QED) is 0.309. The second-order valence-electron chi connectivity index (χ2n) is 5.75. The highest BCUT2D eigenvalue weighted by molar-refractivity contribution is 7.99. The molecular weight excluding hydrogens is 378 g/mol. The first-order valence-corrected chi connectivity index (χ1v) is 10.5. The zero-order chi connectivity index (χ0) is 19.2. The predicted octanol–water partition coefficient (Wildman–Crippen LogP) is 4.82. The monoisotopic (exact) mass is 399 g/mol. The Morgan fingerprint density at radius 1 is 1.33 bits per heavy atom. The van der Waals surface area contributed by atoms with Gasteiger partial charge in [-0.05, 0) is 19.4 Å². The number of carbonyl (C=O) groups is 1. The van der Waals surface area contributed by atoms with E-state index in [-0.39, 0.29) is 11.7 Å². The Kier molecular flexibility index (Phi) is 6.47. The smallest absolute Gasteiger partial charge is 0.316 e. The van der Waals surface area contributed by atoms with Crippen LogP contribution >= 0.6 is 23.1 Å². The Hall–Kier alpha value is -2.38. The topological polar surface area (TPSA) is 57.0 Å². The highest BCUT2D eigenvalue weighted by atomic mass is 32.2. The van der Waals surface area contributed by atoms with E-state index in [9.17, 15) is 4.79 Å². The Morgan fingerprint density at radius 2 is 2.11 bits per heavy atom. The molecule has 0 aliphatic heterocycles. The van der Waals surface area contributed by atoms with Crippen molar-refractivity contribution in [3.05, 3.63) is 53.2 Å². The van der Waals surface area contributed by atoms with Crippen LogP contribution in [0.2, 0.25) is 0 Å². The standard InChI is InChI=1S/C20H21N3O2S2/c1-4-11-23-19(21-22-20(23)27-13-17(24)25-5-2)16-12-26-14(3)18(16)15-9-7-6-8-10-15/h4,6-10,12H,1,5,11,13H2,2-3H3. The fourth-order valence-corrected chi connectivity index (χ4v) is 4.41. The Balaban J connectivity index is 1.98. The summed E-state index contributed by atoms with van der Waals surface area (Å²) in [4.78, 5) is 12.9. The van der Waals surface area contributed by atoms with E-state index in [1.807, 2.05) is 28.8 Å². The minimum Gasteiger partial charge on any atom is -0.465 e.